The third-order valence-electron chi connectivity index (χ3n) is 6.75. The summed E-state index contributed by atoms with van der Waals surface area (Å²) in [6.07, 6.45) is -0.547. The average Bonchev–Trinajstić information content (AvgIpc) is 3.69. The van der Waals surface area contributed by atoms with Crippen LogP contribution in [0.5, 0.6) is 0 Å². The van der Waals surface area contributed by atoms with E-state index in [0.717, 1.165) is 27.7 Å². The number of fused-ring (bicyclic) bond motifs is 1. The quantitative estimate of drug-likeness (QED) is 0.234. The van der Waals surface area contributed by atoms with Gasteiger partial charge in [-0.25, -0.2) is 22.5 Å². The Morgan fingerprint density at radius 3 is 2.54 bits per heavy atom. The predicted molar refractivity (Wildman–Crippen MR) is 127 cm³/mol. The van der Waals surface area contributed by atoms with Gasteiger partial charge in [-0.15, -0.1) is 10.2 Å². The molecule has 4 heterocycles. The van der Waals surface area contributed by atoms with Crippen LogP contribution in [0.2, 0.25) is 0 Å². The molecule has 4 N–H and O–H groups in total. The number of aromatic nitrogens is 8. The normalized spacial score (nSPS) is 23.5. The van der Waals surface area contributed by atoms with E-state index in [1.54, 1.807) is 6.20 Å². The van der Waals surface area contributed by atoms with Gasteiger partial charge in [0.15, 0.2) is 23.7 Å². The second kappa shape index (κ2) is 9.85. The van der Waals surface area contributed by atoms with Gasteiger partial charge in [0.05, 0.1) is 35.9 Å². The van der Waals surface area contributed by atoms with Crippen molar-refractivity contribution in [2.24, 2.45) is 0 Å². The number of nitrogens with zero attached hydrogens (tertiary/aromatic N) is 7. The molecule has 5 atom stereocenters. The molecule has 1 aliphatic rings. The molecule has 5 aromatic rings. The lowest BCUT2D eigenvalue weighted by Crippen LogP contribution is -2.53. The van der Waals surface area contributed by atoms with Crippen molar-refractivity contribution in [2.75, 3.05) is 6.61 Å². The Balaban J connectivity index is 1.37. The highest BCUT2D eigenvalue weighted by atomic mass is 19.2. The first-order valence-corrected chi connectivity index (χ1v) is 11.9. The van der Waals surface area contributed by atoms with Crippen LogP contribution in [-0.4, -0.2) is 80.4 Å². The molecule has 0 saturated carbocycles. The van der Waals surface area contributed by atoms with Crippen LogP contribution in [0.3, 0.4) is 0 Å². The number of aromatic amines is 1. The lowest BCUT2D eigenvalue weighted by Gasteiger charge is -2.42. The first-order chi connectivity index (χ1) is 18.9. The summed E-state index contributed by atoms with van der Waals surface area (Å²) >= 11 is 0. The smallest absolute Gasteiger partial charge is 0.194 e. The molecule has 6 rings (SSSR count). The summed E-state index contributed by atoms with van der Waals surface area (Å²) in [5.74, 6) is -4.42. The third-order valence-corrected chi connectivity index (χ3v) is 6.75. The van der Waals surface area contributed by atoms with E-state index in [1.807, 2.05) is 18.2 Å². The summed E-state index contributed by atoms with van der Waals surface area (Å²) in [4.78, 5) is 0. The predicted octanol–water partition coefficient (Wildman–Crippen LogP) is 1.74. The van der Waals surface area contributed by atoms with Crippen LogP contribution in [0, 0.1) is 17.5 Å². The molecule has 0 unspecified atom stereocenters. The monoisotopic (exact) mass is 542 g/mol. The molecule has 202 valence electrons. The second-order valence-corrected chi connectivity index (χ2v) is 9.12. The van der Waals surface area contributed by atoms with E-state index in [1.165, 1.54) is 17.1 Å². The Labute approximate surface area is 217 Å². The van der Waals surface area contributed by atoms with Gasteiger partial charge < -0.3 is 20.1 Å². The molecular formula is C24H21F3N8O4. The molecule has 0 radical (unpaired) electrons. The Bertz CT molecular complexity index is 1620. The summed E-state index contributed by atoms with van der Waals surface area (Å²) in [7, 11) is 0. The molecule has 0 amide bonds. The van der Waals surface area contributed by atoms with Gasteiger partial charge in [-0.1, -0.05) is 22.6 Å². The second-order valence-electron chi connectivity index (χ2n) is 9.12. The van der Waals surface area contributed by atoms with E-state index in [9.17, 15) is 28.5 Å². The molecule has 0 spiro atoms. The summed E-state index contributed by atoms with van der Waals surface area (Å²) < 4.78 is 49.5. The first kappa shape index (κ1) is 25.1. The van der Waals surface area contributed by atoms with Gasteiger partial charge in [0.1, 0.15) is 23.9 Å². The SMILES string of the molecule is OCC[C@H]1O[C@@H](n2nncc2-c2ccc3cn[nH]c3c2)[C@H](O)[C@@H](n2cc(-c3cc(F)c(F)c(F)c3)nn2)[C@H]1O. The average molecular weight is 542 g/mol. The van der Waals surface area contributed by atoms with E-state index in [2.05, 4.69) is 30.8 Å². The number of aliphatic hydroxyl groups is 3. The topological polar surface area (TPSA) is 160 Å². The van der Waals surface area contributed by atoms with Crippen LogP contribution in [-0.2, 0) is 4.74 Å². The van der Waals surface area contributed by atoms with Crippen molar-refractivity contribution in [1.29, 1.82) is 0 Å². The lowest BCUT2D eigenvalue weighted by atomic mass is 9.93. The molecule has 15 heteroatoms. The minimum absolute atomic E-state index is 0.0148. The first-order valence-electron chi connectivity index (χ1n) is 11.9. The van der Waals surface area contributed by atoms with Gasteiger partial charge in [0.2, 0.25) is 0 Å². The van der Waals surface area contributed by atoms with Crippen molar-refractivity contribution in [2.45, 2.75) is 37.0 Å². The van der Waals surface area contributed by atoms with Gasteiger partial charge in [-0.05, 0) is 24.6 Å². The summed E-state index contributed by atoms with van der Waals surface area (Å²) in [6, 6.07) is 5.85. The Morgan fingerprint density at radius 1 is 0.974 bits per heavy atom. The number of aliphatic hydroxyl groups excluding tert-OH is 3. The van der Waals surface area contributed by atoms with Gasteiger partial charge in [-0.3, -0.25) is 5.10 Å². The summed E-state index contributed by atoms with van der Waals surface area (Å²) in [5, 5.41) is 55.8. The molecule has 12 nitrogen and oxygen atoms in total. The van der Waals surface area contributed by atoms with Crippen LogP contribution in [0.25, 0.3) is 33.4 Å². The molecule has 0 aliphatic carbocycles. The minimum Gasteiger partial charge on any atom is -0.396 e. The Hall–Kier alpha value is -4.18. The van der Waals surface area contributed by atoms with Crippen molar-refractivity contribution in [3.05, 3.63) is 66.4 Å². The standard InChI is InChI=1S/C24H21F3N8O4/c25-14-5-13(6-15(26)20(14)27)17-10-34(33-31-17)21-22(37)19(3-4-36)39-24(23(21)38)35-18(9-29-32-35)11-1-2-12-8-28-30-16(12)7-11/h1-2,5-10,19,21-24,36-38H,3-4H2,(H,28,30)/t19-,21+,22+,23-,24-/m1/s1. The Kier molecular flexibility index (Phi) is 6.34. The molecule has 1 aliphatic heterocycles. The zero-order valence-corrected chi connectivity index (χ0v) is 19.9. The number of ether oxygens (including phenoxy) is 1. The number of rotatable bonds is 6. The van der Waals surface area contributed by atoms with Crippen molar-refractivity contribution in [3.8, 4) is 22.5 Å². The molecule has 39 heavy (non-hydrogen) atoms. The van der Waals surface area contributed by atoms with Crippen molar-refractivity contribution < 1.29 is 33.2 Å². The molecule has 3 aromatic heterocycles. The van der Waals surface area contributed by atoms with Crippen molar-refractivity contribution in [1.82, 2.24) is 40.2 Å². The van der Waals surface area contributed by atoms with Crippen LogP contribution in [0.4, 0.5) is 13.2 Å². The van der Waals surface area contributed by atoms with E-state index in [0.29, 0.717) is 11.3 Å². The number of halogens is 3. The zero-order chi connectivity index (χ0) is 27.3. The maximum absolute atomic E-state index is 13.8. The molecule has 2 aromatic carbocycles. The Morgan fingerprint density at radius 2 is 1.77 bits per heavy atom. The fourth-order valence-corrected chi connectivity index (χ4v) is 4.80. The van der Waals surface area contributed by atoms with Crippen LogP contribution in [0.15, 0.2) is 48.9 Å². The molecule has 1 saturated heterocycles. The van der Waals surface area contributed by atoms with E-state index < -0.39 is 48.0 Å². The summed E-state index contributed by atoms with van der Waals surface area (Å²) in [5.41, 5.74) is 1.83. The number of hydrogen-bond acceptors (Lipinski definition) is 9. The van der Waals surface area contributed by atoms with Crippen molar-refractivity contribution in [3.63, 3.8) is 0 Å². The lowest BCUT2D eigenvalue weighted by molar-refractivity contribution is -0.228. The number of benzene rings is 2. The highest BCUT2D eigenvalue weighted by Crippen LogP contribution is 2.38. The maximum atomic E-state index is 13.8. The van der Waals surface area contributed by atoms with Gasteiger partial charge in [0, 0.05) is 23.1 Å². The van der Waals surface area contributed by atoms with Gasteiger partial charge in [-0.2, -0.15) is 5.10 Å². The molecular weight excluding hydrogens is 521 g/mol. The largest absolute Gasteiger partial charge is 0.396 e. The van der Waals surface area contributed by atoms with E-state index in [4.69, 9.17) is 4.74 Å². The van der Waals surface area contributed by atoms with Gasteiger partial charge in [0.25, 0.3) is 0 Å². The molecule has 0 bridgehead atoms. The highest BCUT2D eigenvalue weighted by molar-refractivity contribution is 5.83. The van der Waals surface area contributed by atoms with Gasteiger partial charge >= 0.3 is 0 Å². The van der Waals surface area contributed by atoms with Crippen molar-refractivity contribution >= 4 is 10.9 Å². The number of nitrogens with one attached hydrogen (secondary N) is 1. The zero-order valence-electron chi connectivity index (χ0n) is 19.9. The van der Waals surface area contributed by atoms with Crippen LogP contribution in [0.1, 0.15) is 18.7 Å². The minimum atomic E-state index is -1.62. The van der Waals surface area contributed by atoms with Crippen LogP contribution >= 0.6 is 0 Å². The number of H-pyrrole nitrogens is 1. The fraction of sp³-hybridized carbons (Fsp3) is 0.292. The van der Waals surface area contributed by atoms with Crippen LogP contribution < -0.4 is 0 Å². The highest BCUT2D eigenvalue weighted by Gasteiger charge is 2.47. The fourth-order valence-electron chi connectivity index (χ4n) is 4.80. The third kappa shape index (κ3) is 4.34. The molecule has 1 fully saturated rings. The van der Waals surface area contributed by atoms with E-state index in [-0.39, 0.29) is 24.3 Å². The number of hydrogen-bond donors (Lipinski definition) is 4. The summed E-state index contributed by atoms with van der Waals surface area (Å²) in [6.45, 7) is -0.325. The maximum Gasteiger partial charge on any atom is 0.194 e. The van der Waals surface area contributed by atoms with E-state index >= 15 is 0 Å².